The van der Waals surface area contributed by atoms with Gasteiger partial charge in [-0.25, -0.2) is 4.90 Å². The van der Waals surface area contributed by atoms with Gasteiger partial charge in [-0.3, -0.25) is 9.59 Å². The van der Waals surface area contributed by atoms with Crippen LogP contribution in [0.25, 0.3) is 0 Å². The maximum Gasteiger partial charge on any atom is 0.238 e. The number of allylic oxidation sites excluding steroid dienone is 2. The van der Waals surface area contributed by atoms with Gasteiger partial charge in [-0.05, 0) is 54.7 Å². The third-order valence-corrected chi connectivity index (χ3v) is 5.79. The first kappa shape index (κ1) is 15.8. The van der Waals surface area contributed by atoms with Crippen LogP contribution in [0.1, 0.15) is 12.0 Å². The fourth-order valence-electron chi connectivity index (χ4n) is 4.59. The maximum absolute atomic E-state index is 13.1. The molecule has 2 fully saturated rings. The van der Waals surface area contributed by atoms with Crippen LogP contribution in [0.4, 0.5) is 5.69 Å². The van der Waals surface area contributed by atoms with Gasteiger partial charge in [0.05, 0.1) is 29.2 Å². The highest BCUT2D eigenvalue weighted by atomic mass is 16.5. The van der Waals surface area contributed by atoms with E-state index >= 15 is 0 Å². The molecular formula is C22H16N2O3. The smallest absolute Gasteiger partial charge is 0.238 e. The van der Waals surface area contributed by atoms with E-state index in [-0.39, 0.29) is 35.5 Å². The zero-order valence-electron chi connectivity index (χ0n) is 14.4. The molecule has 3 aliphatic rings. The minimum atomic E-state index is -0.240. The highest BCUT2D eigenvalue weighted by molar-refractivity contribution is 6.23. The van der Waals surface area contributed by atoms with Crippen molar-refractivity contribution in [2.24, 2.45) is 23.7 Å². The Morgan fingerprint density at radius 2 is 1.56 bits per heavy atom. The van der Waals surface area contributed by atoms with Crippen molar-refractivity contribution in [3.05, 3.63) is 66.2 Å². The summed E-state index contributed by atoms with van der Waals surface area (Å²) >= 11 is 0. The second-order valence-corrected chi connectivity index (χ2v) is 7.22. The maximum atomic E-state index is 13.1. The predicted octanol–water partition coefficient (Wildman–Crippen LogP) is 3.66. The largest absolute Gasteiger partial charge is 0.455 e. The standard InChI is InChI=1S/C22H16N2O3/c23-12-13-5-9-16(10-6-13)27-18-4-2-1-3-17(18)24-21(25)19-14-7-8-15(11-14)20(19)22(24)26/h1-10,14-15,19-20H,11H2/t14-,15-,19-,20+/m1/s1. The van der Waals surface area contributed by atoms with Gasteiger partial charge in [0.25, 0.3) is 0 Å². The molecular weight excluding hydrogens is 340 g/mol. The quantitative estimate of drug-likeness (QED) is 0.622. The van der Waals surface area contributed by atoms with Crippen LogP contribution in [0.15, 0.2) is 60.7 Å². The van der Waals surface area contributed by atoms with E-state index in [9.17, 15) is 9.59 Å². The molecule has 27 heavy (non-hydrogen) atoms. The number of para-hydroxylation sites is 2. The number of imide groups is 1. The third-order valence-electron chi connectivity index (χ3n) is 5.79. The zero-order valence-corrected chi connectivity index (χ0v) is 14.4. The molecule has 5 rings (SSSR count). The number of fused-ring (bicyclic) bond motifs is 5. The van der Waals surface area contributed by atoms with Crippen molar-refractivity contribution in [3.63, 3.8) is 0 Å². The number of carbonyl (C=O) groups is 2. The van der Waals surface area contributed by atoms with Crippen LogP contribution < -0.4 is 9.64 Å². The SMILES string of the molecule is N#Cc1ccc(Oc2ccccc2N2C(=O)[C@@H]3[C@H](C2=O)[C@@H]2C=C[C@@H]3C2)cc1. The van der Waals surface area contributed by atoms with E-state index in [0.717, 1.165) is 6.42 Å². The molecule has 2 aromatic carbocycles. The highest BCUT2D eigenvalue weighted by Crippen LogP contribution is 2.54. The molecule has 1 aliphatic heterocycles. The average molecular weight is 356 g/mol. The second-order valence-electron chi connectivity index (χ2n) is 7.22. The predicted molar refractivity (Wildman–Crippen MR) is 97.9 cm³/mol. The lowest BCUT2D eigenvalue weighted by molar-refractivity contribution is -0.123. The van der Waals surface area contributed by atoms with Gasteiger partial charge in [-0.15, -0.1) is 0 Å². The zero-order chi connectivity index (χ0) is 18.5. The highest BCUT2D eigenvalue weighted by Gasteiger charge is 2.59. The Hall–Kier alpha value is -3.39. The summed E-state index contributed by atoms with van der Waals surface area (Å²) in [6.45, 7) is 0. The number of amides is 2. The van der Waals surface area contributed by atoms with Crippen molar-refractivity contribution in [1.29, 1.82) is 5.26 Å². The number of nitriles is 1. The summed E-state index contributed by atoms with van der Waals surface area (Å²) in [7, 11) is 0. The summed E-state index contributed by atoms with van der Waals surface area (Å²) < 4.78 is 5.94. The summed E-state index contributed by atoms with van der Waals surface area (Å²) in [6, 6.07) is 15.9. The van der Waals surface area contributed by atoms with Crippen LogP contribution in [0, 0.1) is 35.0 Å². The van der Waals surface area contributed by atoms with Crippen molar-refractivity contribution in [1.82, 2.24) is 0 Å². The molecule has 0 aromatic heterocycles. The number of nitrogens with zero attached hydrogens (tertiary/aromatic N) is 2. The summed E-state index contributed by atoms with van der Waals surface area (Å²) in [5, 5.41) is 8.91. The van der Waals surface area contributed by atoms with E-state index in [1.165, 1.54) is 4.90 Å². The number of anilines is 1. The van der Waals surface area contributed by atoms with Crippen molar-refractivity contribution >= 4 is 17.5 Å². The summed E-state index contributed by atoms with van der Waals surface area (Å²) in [6.07, 6.45) is 5.07. The van der Waals surface area contributed by atoms with Crippen molar-refractivity contribution in [3.8, 4) is 17.6 Å². The van der Waals surface area contributed by atoms with Crippen LogP contribution in [0.3, 0.4) is 0 Å². The van der Waals surface area contributed by atoms with Crippen LogP contribution >= 0.6 is 0 Å². The number of hydrogen-bond donors (Lipinski definition) is 0. The molecule has 2 amide bonds. The van der Waals surface area contributed by atoms with Crippen molar-refractivity contribution < 1.29 is 14.3 Å². The molecule has 0 spiro atoms. The normalized spacial score (nSPS) is 27.7. The molecule has 5 heteroatoms. The molecule has 1 saturated carbocycles. The molecule has 2 aromatic rings. The van der Waals surface area contributed by atoms with Gasteiger partial charge in [0.2, 0.25) is 11.8 Å². The molecule has 132 valence electrons. The molecule has 4 atom stereocenters. The lowest BCUT2D eigenvalue weighted by Gasteiger charge is -2.20. The van der Waals surface area contributed by atoms with Crippen molar-refractivity contribution in [2.75, 3.05) is 4.90 Å². The van der Waals surface area contributed by atoms with E-state index in [2.05, 4.69) is 18.2 Å². The minimum Gasteiger partial charge on any atom is -0.455 e. The Morgan fingerprint density at radius 1 is 0.926 bits per heavy atom. The lowest BCUT2D eigenvalue weighted by Crippen LogP contribution is -2.33. The van der Waals surface area contributed by atoms with Crippen LogP contribution in [-0.4, -0.2) is 11.8 Å². The number of rotatable bonds is 3. The Balaban J connectivity index is 1.49. The average Bonchev–Trinajstić information content (AvgIpc) is 3.37. The Morgan fingerprint density at radius 3 is 2.19 bits per heavy atom. The Labute approximate surface area is 156 Å². The molecule has 2 bridgehead atoms. The Bertz CT molecular complexity index is 989. The topological polar surface area (TPSA) is 70.4 Å². The molecule has 0 radical (unpaired) electrons. The van der Waals surface area contributed by atoms with Gasteiger partial charge in [0.1, 0.15) is 5.75 Å². The number of benzene rings is 2. The number of carbonyl (C=O) groups excluding carboxylic acids is 2. The monoisotopic (exact) mass is 356 g/mol. The summed E-state index contributed by atoms with van der Waals surface area (Å²) in [5.74, 6) is 0.606. The molecule has 1 heterocycles. The summed E-state index contributed by atoms with van der Waals surface area (Å²) in [4.78, 5) is 27.4. The minimum absolute atomic E-state index is 0.127. The van der Waals surface area contributed by atoms with Crippen molar-refractivity contribution in [2.45, 2.75) is 6.42 Å². The first-order valence-corrected chi connectivity index (χ1v) is 9.00. The Kier molecular flexibility index (Phi) is 3.41. The van der Waals surface area contributed by atoms with Gasteiger partial charge < -0.3 is 4.74 Å². The lowest BCUT2D eigenvalue weighted by atomic mass is 9.85. The first-order valence-electron chi connectivity index (χ1n) is 9.00. The molecule has 5 nitrogen and oxygen atoms in total. The number of ether oxygens (including phenoxy) is 1. The molecule has 0 unspecified atom stereocenters. The van der Waals surface area contributed by atoms with E-state index < -0.39 is 0 Å². The van der Waals surface area contributed by atoms with E-state index in [0.29, 0.717) is 22.7 Å². The second kappa shape index (κ2) is 5.82. The van der Waals surface area contributed by atoms with Crippen LogP contribution in [0.5, 0.6) is 11.5 Å². The van der Waals surface area contributed by atoms with Crippen LogP contribution in [-0.2, 0) is 9.59 Å². The first-order chi connectivity index (χ1) is 13.2. The fourth-order valence-corrected chi connectivity index (χ4v) is 4.59. The molecule has 2 aliphatic carbocycles. The third kappa shape index (κ3) is 2.30. The molecule has 1 saturated heterocycles. The van der Waals surface area contributed by atoms with E-state index in [1.807, 2.05) is 0 Å². The van der Waals surface area contributed by atoms with E-state index in [4.69, 9.17) is 10.00 Å². The van der Waals surface area contributed by atoms with Gasteiger partial charge in [-0.2, -0.15) is 5.26 Å². The number of hydrogen-bond acceptors (Lipinski definition) is 4. The summed E-state index contributed by atoms with van der Waals surface area (Å²) in [5.41, 5.74) is 1.02. The van der Waals surface area contributed by atoms with Gasteiger partial charge >= 0.3 is 0 Å². The molecule has 0 N–H and O–H groups in total. The van der Waals surface area contributed by atoms with Gasteiger partial charge in [0.15, 0.2) is 5.75 Å². The van der Waals surface area contributed by atoms with E-state index in [1.54, 1.807) is 48.5 Å². The van der Waals surface area contributed by atoms with Crippen LogP contribution in [0.2, 0.25) is 0 Å². The van der Waals surface area contributed by atoms with Gasteiger partial charge in [-0.1, -0.05) is 24.3 Å². The van der Waals surface area contributed by atoms with Gasteiger partial charge in [0, 0.05) is 0 Å². The fraction of sp³-hybridized carbons (Fsp3) is 0.227.